The number of thiazole rings is 1. The van der Waals surface area contributed by atoms with Gasteiger partial charge in [-0.3, -0.25) is 0 Å². The van der Waals surface area contributed by atoms with Gasteiger partial charge in [0.15, 0.2) is 0 Å². The quantitative estimate of drug-likeness (QED) is 0.688. The van der Waals surface area contributed by atoms with Crippen LogP contribution in [0.15, 0.2) is 27.3 Å². The normalized spacial score (nSPS) is 12.4. The second-order valence-electron chi connectivity index (χ2n) is 4.71. The van der Waals surface area contributed by atoms with E-state index in [1.807, 2.05) is 6.20 Å². The van der Waals surface area contributed by atoms with Crippen molar-refractivity contribution in [3.63, 3.8) is 0 Å². The lowest BCUT2D eigenvalue weighted by molar-refractivity contribution is 0.409. The Morgan fingerprint density at radius 2 is 2.00 bits per heavy atom. The smallest absolute Gasteiger partial charge is 0.147 e. The van der Waals surface area contributed by atoms with Gasteiger partial charge < -0.3 is 10.1 Å². The number of nitrogens with zero attached hydrogens (tertiary/aromatic N) is 1. The molecule has 1 N–H and O–H groups in total. The van der Waals surface area contributed by atoms with Crippen LogP contribution in [0, 0.1) is 0 Å². The fourth-order valence-corrected chi connectivity index (χ4v) is 4.44. The van der Waals surface area contributed by atoms with Crippen molar-refractivity contribution in [1.82, 2.24) is 10.3 Å². The second-order valence-corrected chi connectivity index (χ2v) is 7.57. The summed E-state index contributed by atoms with van der Waals surface area (Å²) in [6.45, 7) is 5.08. The Balaban J connectivity index is 2.02. The highest BCUT2D eigenvalue weighted by atomic mass is 79.9. The Morgan fingerprint density at radius 3 is 2.52 bits per heavy atom. The van der Waals surface area contributed by atoms with Crippen LogP contribution in [0.2, 0.25) is 0 Å². The molecule has 1 heterocycles. The highest BCUT2D eigenvalue weighted by Gasteiger charge is 2.11. The van der Waals surface area contributed by atoms with Gasteiger partial charge in [-0.05, 0) is 62.9 Å². The molecular weight excluding hydrogens is 416 g/mol. The zero-order valence-electron chi connectivity index (χ0n) is 12.2. The minimum absolute atomic E-state index is 0.245. The fourth-order valence-electron chi connectivity index (χ4n) is 1.95. The number of hydrogen-bond acceptors (Lipinski definition) is 4. The molecule has 0 saturated carbocycles. The summed E-state index contributed by atoms with van der Waals surface area (Å²) < 4.78 is 7.22. The van der Waals surface area contributed by atoms with Crippen LogP contribution in [0.25, 0.3) is 0 Å². The molecule has 2 aromatic rings. The first-order chi connectivity index (χ1) is 10.0. The summed E-state index contributed by atoms with van der Waals surface area (Å²) in [6, 6.07) is 4.39. The van der Waals surface area contributed by atoms with Crippen molar-refractivity contribution in [3.8, 4) is 5.75 Å². The van der Waals surface area contributed by atoms with Gasteiger partial charge in [0, 0.05) is 17.6 Å². The summed E-state index contributed by atoms with van der Waals surface area (Å²) >= 11 is 8.84. The standard InChI is InChI=1S/C15H18Br2N2OS/c1-4-11-8-19-15(21-11)9(2)18-7-10-5-12(16)14(20-3)13(17)6-10/h5-6,8-9,18H,4,7H2,1-3H3. The molecule has 0 saturated heterocycles. The van der Waals surface area contributed by atoms with Gasteiger partial charge in [0.2, 0.25) is 0 Å². The molecule has 1 unspecified atom stereocenters. The van der Waals surface area contributed by atoms with Crippen LogP contribution in [-0.4, -0.2) is 12.1 Å². The fraction of sp³-hybridized carbons (Fsp3) is 0.400. The lowest BCUT2D eigenvalue weighted by Crippen LogP contribution is -2.17. The van der Waals surface area contributed by atoms with E-state index in [9.17, 15) is 0 Å². The van der Waals surface area contributed by atoms with Crippen LogP contribution >= 0.6 is 43.2 Å². The number of halogens is 2. The molecule has 2 rings (SSSR count). The van der Waals surface area contributed by atoms with Crippen molar-refractivity contribution in [2.24, 2.45) is 0 Å². The monoisotopic (exact) mass is 432 g/mol. The third-order valence-corrected chi connectivity index (χ3v) is 5.67. The lowest BCUT2D eigenvalue weighted by Gasteiger charge is -2.13. The zero-order valence-corrected chi connectivity index (χ0v) is 16.2. The molecule has 1 aromatic carbocycles. The summed E-state index contributed by atoms with van der Waals surface area (Å²) in [5, 5.41) is 4.65. The Labute approximate surface area is 146 Å². The van der Waals surface area contributed by atoms with E-state index < -0.39 is 0 Å². The summed E-state index contributed by atoms with van der Waals surface area (Å²) in [5.74, 6) is 0.819. The SMILES string of the molecule is CCc1cnc(C(C)NCc2cc(Br)c(OC)c(Br)c2)s1. The Morgan fingerprint density at radius 1 is 1.33 bits per heavy atom. The summed E-state index contributed by atoms with van der Waals surface area (Å²) in [5.41, 5.74) is 1.19. The molecule has 1 atom stereocenters. The minimum Gasteiger partial charge on any atom is -0.494 e. The molecule has 114 valence electrons. The predicted molar refractivity (Wildman–Crippen MR) is 95.1 cm³/mol. The van der Waals surface area contributed by atoms with E-state index in [2.05, 4.69) is 68.1 Å². The molecule has 0 aliphatic carbocycles. The van der Waals surface area contributed by atoms with Crippen molar-refractivity contribution in [2.45, 2.75) is 32.9 Å². The average Bonchev–Trinajstić information content (AvgIpc) is 2.93. The maximum Gasteiger partial charge on any atom is 0.147 e. The minimum atomic E-state index is 0.245. The van der Waals surface area contributed by atoms with E-state index in [-0.39, 0.29) is 6.04 Å². The molecule has 21 heavy (non-hydrogen) atoms. The molecule has 0 amide bonds. The molecule has 0 radical (unpaired) electrons. The van der Waals surface area contributed by atoms with Gasteiger partial charge in [0.25, 0.3) is 0 Å². The number of hydrogen-bond donors (Lipinski definition) is 1. The highest BCUT2D eigenvalue weighted by molar-refractivity contribution is 9.11. The van der Waals surface area contributed by atoms with Gasteiger partial charge in [-0.1, -0.05) is 6.92 Å². The number of aryl methyl sites for hydroxylation is 1. The molecule has 0 fully saturated rings. The largest absolute Gasteiger partial charge is 0.494 e. The predicted octanol–water partition coefficient (Wildman–Crippen LogP) is 5.09. The van der Waals surface area contributed by atoms with E-state index in [0.29, 0.717) is 0 Å². The zero-order chi connectivity index (χ0) is 15.4. The number of methoxy groups -OCH3 is 1. The molecule has 0 spiro atoms. The van der Waals surface area contributed by atoms with Gasteiger partial charge >= 0.3 is 0 Å². The Bertz CT molecular complexity index is 592. The van der Waals surface area contributed by atoms with Crippen molar-refractivity contribution in [3.05, 3.63) is 42.7 Å². The lowest BCUT2D eigenvalue weighted by atomic mass is 10.2. The maximum atomic E-state index is 5.32. The number of aromatic nitrogens is 1. The van der Waals surface area contributed by atoms with Crippen molar-refractivity contribution >= 4 is 43.2 Å². The Hall–Kier alpha value is -0.430. The summed E-state index contributed by atoms with van der Waals surface area (Å²) in [4.78, 5) is 5.81. The molecule has 3 nitrogen and oxygen atoms in total. The van der Waals surface area contributed by atoms with Gasteiger partial charge in [-0.2, -0.15) is 0 Å². The average molecular weight is 434 g/mol. The summed E-state index contributed by atoms with van der Waals surface area (Å²) in [6.07, 6.45) is 3.02. The Kier molecular flexibility index (Phi) is 6.22. The molecule has 0 bridgehead atoms. The van der Waals surface area contributed by atoms with E-state index in [1.54, 1.807) is 18.4 Å². The van der Waals surface area contributed by atoms with E-state index in [4.69, 9.17) is 4.74 Å². The summed E-state index contributed by atoms with van der Waals surface area (Å²) in [7, 11) is 1.67. The number of rotatable bonds is 6. The topological polar surface area (TPSA) is 34.2 Å². The van der Waals surface area contributed by atoms with Gasteiger partial charge in [-0.25, -0.2) is 4.98 Å². The van der Waals surface area contributed by atoms with Crippen molar-refractivity contribution in [1.29, 1.82) is 0 Å². The van der Waals surface area contributed by atoms with Crippen molar-refractivity contribution < 1.29 is 4.74 Å². The first kappa shape index (κ1) is 16.9. The van der Waals surface area contributed by atoms with Crippen LogP contribution < -0.4 is 10.1 Å². The molecular formula is C15H18Br2N2OS. The van der Waals surface area contributed by atoms with E-state index in [1.165, 1.54) is 10.4 Å². The van der Waals surface area contributed by atoms with Gasteiger partial charge in [0.1, 0.15) is 10.8 Å². The van der Waals surface area contributed by atoms with Crippen LogP contribution in [0.3, 0.4) is 0 Å². The van der Waals surface area contributed by atoms with Gasteiger partial charge in [0.05, 0.1) is 22.1 Å². The number of nitrogens with one attached hydrogen (secondary N) is 1. The molecule has 0 aliphatic heterocycles. The molecule has 6 heteroatoms. The highest BCUT2D eigenvalue weighted by Crippen LogP contribution is 2.34. The van der Waals surface area contributed by atoms with E-state index >= 15 is 0 Å². The van der Waals surface area contributed by atoms with Crippen molar-refractivity contribution in [2.75, 3.05) is 7.11 Å². The number of benzene rings is 1. The third-order valence-electron chi connectivity index (χ3n) is 3.16. The van der Waals surface area contributed by atoms with Gasteiger partial charge in [-0.15, -0.1) is 11.3 Å². The van der Waals surface area contributed by atoms with Crippen LogP contribution in [0.5, 0.6) is 5.75 Å². The van der Waals surface area contributed by atoms with Crippen LogP contribution in [0.4, 0.5) is 0 Å². The van der Waals surface area contributed by atoms with Crippen LogP contribution in [-0.2, 0) is 13.0 Å². The second kappa shape index (κ2) is 7.72. The number of ether oxygens (including phenoxy) is 1. The van der Waals surface area contributed by atoms with E-state index in [0.717, 1.165) is 32.7 Å². The van der Waals surface area contributed by atoms with Crippen LogP contribution in [0.1, 0.15) is 35.3 Å². The first-order valence-electron chi connectivity index (χ1n) is 6.75. The molecule has 1 aromatic heterocycles. The third kappa shape index (κ3) is 4.28. The maximum absolute atomic E-state index is 5.32. The molecule has 0 aliphatic rings. The first-order valence-corrected chi connectivity index (χ1v) is 9.15.